The number of rotatable bonds is 4. The molecule has 14 heteroatoms. The molecule has 4 rings (SSSR count). The maximum absolute atomic E-state index is 14.3. The number of piperazine rings is 1. The average molecular weight is 576 g/mol. The van der Waals surface area contributed by atoms with Crippen LogP contribution >= 0.6 is 11.6 Å². The number of aryl methyl sites for hydroxylation is 2. The smallest absolute Gasteiger partial charge is 0.374 e. The maximum atomic E-state index is 14.3. The van der Waals surface area contributed by atoms with Crippen molar-refractivity contribution in [3.05, 3.63) is 69.2 Å². The van der Waals surface area contributed by atoms with Crippen LogP contribution in [0.1, 0.15) is 39.0 Å². The van der Waals surface area contributed by atoms with Crippen LogP contribution in [0.3, 0.4) is 0 Å². The van der Waals surface area contributed by atoms with Crippen molar-refractivity contribution in [3.63, 3.8) is 0 Å². The summed E-state index contributed by atoms with van der Waals surface area (Å²) in [5.41, 5.74) is -1.96. The largest absolute Gasteiger partial charge is 0.435 e. The molecule has 1 saturated heterocycles. The first-order valence-corrected chi connectivity index (χ1v) is 11.8. The van der Waals surface area contributed by atoms with Gasteiger partial charge >= 0.3 is 12.4 Å². The van der Waals surface area contributed by atoms with Crippen LogP contribution in [-0.4, -0.2) is 65.2 Å². The van der Waals surface area contributed by atoms with Crippen molar-refractivity contribution in [1.82, 2.24) is 9.80 Å². The molecule has 1 fully saturated rings. The highest BCUT2D eigenvalue weighted by Gasteiger charge is 2.62. The van der Waals surface area contributed by atoms with Gasteiger partial charge in [-0.1, -0.05) is 28.9 Å². The third-order valence-corrected chi connectivity index (χ3v) is 6.58. The standard InChI is InChI=1S/C25H20ClF6N3O4/c1-13-5-16(8-17(26)6-13)23(25(30,31)32)9-19(33-39-23)18-4-3-15(7-14(18)2)22(38)34-10-20(36)35(21(37)11-34)12-24(27,28)29/h3-8H,9-12H2,1-2H3. The van der Waals surface area contributed by atoms with Gasteiger partial charge < -0.3 is 9.74 Å². The highest BCUT2D eigenvalue weighted by molar-refractivity contribution is 6.30. The summed E-state index contributed by atoms with van der Waals surface area (Å²) in [6.07, 6.45) is -10.3. The SMILES string of the molecule is Cc1cc(Cl)cc(C2(C(F)(F)F)CC(c3ccc(C(=O)N4CC(=O)N(CC(F)(F)F)C(=O)C4)cc3C)=NO2)c1. The summed E-state index contributed by atoms with van der Waals surface area (Å²) in [7, 11) is 0. The minimum Gasteiger partial charge on any atom is -0.374 e. The summed E-state index contributed by atoms with van der Waals surface area (Å²) in [5.74, 6) is -3.16. The Balaban J connectivity index is 1.55. The molecule has 0 spiro atoms. The molecule has 0 aromatic heterocycles. The maximum Gasteiger partial charge on any atom is 0.435 e. The Hall–Kier alpha value is -3.61. The van der Waals surface area contributed by atoms with E-state index in [1.165, 1.54) is 37.3 Å². The number of halogens is 7. The second kappa shape index (κ2) is 9.85. The lowest BCUT2D eigenvalue weighted by Crippen LogP contribution is -2.57. The van der Waals surface area contributed by atoms with Crippen LogP contribution in [0.15, 0.2) is 41.6 Å². The Bertz CT molecular complexity index is 1350. The number of carbonyl (C=O) groups is 3. The lowest BCUT2D eigenvalue weighted by atomic mass is 9.85. The molecule has 2 aliphatic heterocycles. The average Bonchev–Trinajstić information content (AvgIpc) is 3.26. The molecule has 0 aliphatic carbocycles. The number of alkyl halides is 6. The Labute approximate surface area is 222 Å². The lowest BCUT2D eigenvalue weighted by Gasteiger charge is -2.33. The summed E-state index contributed by atoms with van der Waals surface area (Å²) in [6, 6.07) is 7.92. The second-order valence-corrected chi connectivity index (χ2v) is 9.76. The predicted molar refractivity (Wildman–Crippen MR) is 126 cm³/mol. The van der Waals surface area contributed by atoms with Gasteiger partial charge in [0, 0.05) is 28.1 Å². The first-order chi connectivity index (χ1) is 18.0. The van der Waals surface area contributed by atoms with Gasteiger partial charge in [-0.05, 0) is 49.2 Å². The number of nitrogens with zero attached hydrogens (tertiary/aromatic N) is 3. The minimum atomic E-state index is -4.85. The molecule has 1 atom stereocenters. The fourth-order valence-corrected chi connectivity index (χ4v) is 4.80. The predicted octanol–water partition coefficient (Wildman–Crippen LogP) is 4.91. The van der Waals surface area contributed by atoms with Gasteiger partial charge in [0.2, 0.25) is 11.8 Å². The Morgan fingerprint density at radius 1 is 1.03 bits per heavy atom. The summed E-state index contributed by atoms with van der Waals surface area (Å²) in [5, 5.41) is 3.81. The highest BCUT2D eigenvalue weighted by atomic mass is 35.5. The van der Waals surface area contributed by atoms with E-state index in [2.05, 4.69) is 5.16 Å². The third kappa shape index (κ3) is 5.58. The van der Waals surface area contributed by atoms with Gasteiger partial charge in [0.05, 0.1) is 5.71 Å². The zero-order valence-electron chi connectivity index (χ0n) is 20.4. The molecular weight excluding hydrogens is 556 g/mol. The number of hydrogen-bond donors (Lipinski definition) is 0. The van der Waals surface area contributed by atoms with Gasteiger partial charge in [-0.15, -0.1) is 0 Å². The topological polar surface area (TPSA) is 79.3 Å². The van der Waals surface area contributed by atoms with E-state index in [-0.39, 0.29) is 32.3 Å². The molecule has 2 aromatic carbocycles. The molecule has 0 bridgehead atoms. The van der Waals surface area contributed by atoms with Crippen molar-refractivity contribution in [1.29, 1.82) is 0 Å². The van der Waals surface area contributed by atoms with E-state index in [1.54, 1.807) is 6.92 Å². The number of hydrogen-bond acceptors (Lipinski definition) is 5. The van der Waals surface area contributed by atoms with Gasteiger partial charge in [-0.25, -0.2) is 0 Å². The third-order valence-electron chi connectivity index (χ3n) is 6.36. The van der Waals surface area contributed by atoms with Gasteiger partial charge in [0.15, 0.2) is 0 Å². The van der Waals surface area contributed by atoms with E-state index >= 15 is 0 Å². The fraction of sp³-hybridized carbons (Fsp3) is 0.360. The fourth-order valence-electron chi connectivity index (χ4n) is 4.51. The van der Waals surface area contributed by atoms with Crippen LogP contribution in [0.5, 0.6) is 0 Å². The normalized spacial score (nSPS) is 20.3. The summed E-state index contributed by atoms with van der Waals surface area (Å²) < 4.78 is 80.8. The molecule has 0 radical (unpaired) electrons. The van der Waals surface area contributed by atoms with Crippen LogP contribution in [0.4, 0.5) is 26.3 Å². The monoisotopic (exact) mass is 575 g/mol. The van der Waals surface area contributed by atoms with E-state index < -0.39 is 61.7 Å². The number of carbonyl (C=O) groups excluding carboxylic acids is 3. The molecule has 7 nitrogen and oxygen atoms in total. The second-order valence-electron chi connectivity index (χ2n) is 9.33. The van der Waals surface area contributed by atoms with E-state index in [9.17, 15) is 40.7 Å². The highest BCUT2D eigenvalue weighted by Crippen LogP contribution is 2.49. The van der Waals surface area contributed by atoms with Crippen LogP contribution in [-0.2, 0) is 20.0 Å². The van der Waals surface area contributed by atoms with Crippen molar-refractivity contribution >= 4 is 35.0 Å². The quantitative estimate of drug-likeness (QED) is 0.383. The van der Waals surface area contributed by atoms with E-state index in [1.807, 2.05) is 0 Å². The summed E-state index contributed by atoms with van der Waals surface area (Å²) >= 11 is 5.99. The van der Waals surface area contributed by atoms with Gasteiger partial charge in [-0.3, -0.25) is 19.3 Å². The molecule has 39 heavy (non-hydrogen) atoms. The van der Waals surface area contributed by atoms with Crippen LogP contribution in [0, 0.1) is 13.8 Å². The first-order valence-electron chi connectivity index (χ1n) is 11.4. The number of imide groups is 1. The van der Waals surface area contributed by atoms with Crippen LogP contribution in [0.25, 0.3) is 0 Å². The first kappa shape index (κ1) is 28.4. The number of amides is 3. The van der Waals surface area contributed by atoms with Crippen molar-refractivity contribution < 1.29 is 45.6 Å². The molecule has 0 saturated carbocycles. The molecule has 2 aliphatic rings. The molecule has 208 valence electrons. The Morgan fingerprint density at radius 2 is 1.67 bits per heavy atom. The molecule has 3 amide bonds. The molecule has 0 N–H and O–H groups in total. The van der Waals surface area contributed by atoms with E-state index in [0.717, 1.165) is 11.0 Å². The zero-order valence-corrected chi connectivity index (χ0v) is 21.2. The zero-order chi connectivity index (χ0) is 28.9. The number of oxime groups is 1. The van der Waals surface area contributed by atoms with E-state index in [4.69, 9.17) is 16.4 Å². The van der Waals surface area contributed by atoms with E-state index in [0.29, 0.717) is 11.1 Å². The van der Waals surface area contributed by atoms with Crippen LogP contribution in [0.2, 0.25) is 5.02 Å². The molecule has 1 unspecified atom stereocenters. The van der Waals surface area contributed by atoms with Gasteiger partial charge in [-0.2, -0.15) is 26.3 Å². The number of benzene rings is 2. The molecular formula is C25H20ClF6N3O4. The van der Waals surface area contributed by atoms with Crippen molar-refractivity contribution in [2.24, 2.45) is 5.16 Å². The van der Waals surface area contributed by atoms with Crippen molar-refractivity contribution in [2.45, 2.75) is 38.2 Å². The summed E-state index contributed by atoms with van der Waals surface area (Å²) in [6.45, 7) is -0.125. The lowest BCUT2D eigenvalue weighted by molar-refractivity contribution is -0.275. The molecule has 2 heterocycles. The Kier molecular flexibility index (Phi) is 7.17. The van der Waals surface area contributed by atoms with Gasteiger partial charge in [0.25, 0.3) is 11.5 Å². The van der Waals surface area contributed by atoms with Crippen LogP contribution < -0.4 is 0 Å². The minimum absolute atomic E-state index is 0.0202. The molecule has 2 aromatic rings. The van der Waals surface area contributed by atoms with Crippen molar-refractivity contribution in [3.8, 4) is 0 Å². The Morgan fingerprint density at radius 3 is 2.21 bits per heavy atom. The summed E-state index contributed by atoms with van der Waals surface area (Å²) in [4.78, 5) is 43.0. The van der Waals surface area contributed by atoms with Gasteiger partial charge in [0.1, 0.15) is 19.6 Å². The van der Waals surface area contributed by atoms with Crippen molar-refractivity contribution in [2.75, 3.05) is 19.6 Å².